The van der Waals surface area contributed by atoms with Crippen LogP contribution in [0.4, 0.5) is 0 Å². The molecule has 1 heterocycles. The van der Waals surface area contributed by atoms with Gasteiger partial charge < -0.3 is 5.11 Å². The predicted octanol–water partition coefficient (Wildman–Crippen LogP) is 0.817. The van der Waals surface area contributed by atoms with Gasteiger partial charge in [0.15, 0.2) is 0 Å². The fourth-order valence-electron chi connectivity index (χ4n) is 2.48. The third kappa shape index (κ3) is 3.21. The van der Waals surface area contributed by atoms with Gasteiger partial charge in [0, 0.05) is 19.7 Å². The smallest absolute Gasteiger partial charge is 0.244 e. The molecule has 0 radical (unpaired) electrons. The molecule has 1 aliphatic rings. The summed E-state index contributed by atoms with van der Waals surface area (Å²) in [4.78, 5) is 0.281. The zero-order valence-electron chi connectivity index (χ0n) is 12.3. The number of rotatable bonds is 7. The molecule has 1 aromatic heterocycles. The van der Waals surface area contributed by atoms with Gasteiger partial charge in [0.2, 0.25) is 10.0 Å². The second-order valence-electron chi connectivity index (χ2n) is 5.63. The molecule has 2 unspecified atom stereocenters. The standard InChI is InChI=1S/C13H23N3O3S/c1-9-7-12(9)8-14-20(18,19)13-10(2)15-16(11(13)3)5-4-6-17/h9,12,14,17H,4-8H2,1-3H3. The lowest BCUT2D eigenvalue weighted by Crippen LogP contribution is -2.27. The molecule has 0 spiro atoms. The molecular weight excluding hydrogens is 278 g/mol. The zero-order chi connectivity index (χ0) is 14.9. The van der Waals surface area contributed by atoms with Crippen LogP contribution < -0.4 is 4.72 Å². The summed E-state index contributed by atoms with van der Waals surface area (Å²) in [5.41, 5.74) is 1.14. The Kier molecular flexibility index (Phi) is 4.51. The first-order valence-electron chi connectivity index (χ1n) is 7.01. The third-order valence-electron chi connectivity index (χ3n) is 3.92. The number of sulfonamides is 1. The van der Waals surface area contributed by atoms with Crippen LogP contribution in [-0.4, -0.2) is 36.5 Å². The number of nitrogens with one attached hydrogen (secondary N) is 1. The Labute approximate surface area is 120 Å². The summed E-state index contributed by atoms with van der Waals surface area (Å²) < 4.78 is 29.1. The van der Waals surface area contributed by atoms with Crippen molar-refractivity contribution in [2.45, 2.75) is 45.1 Å². The van der Waals surface area contributed by atoms with E-state index in [0.717, 1.165) is 6.42 Å². The van der Waals surface area contributed by atoms with Crippen LogP contribution in [0.5, 0.6) is 0 Å². The maximum Gasteiger partial charge on any atom is 0.244 e. The highest BCUT2D eigenvalue weighted by Gasteiger charge is 2.34. The lowest BCUT2D eigenvalue weighted by atomic mass is 10.3. The Balaban J connectivity index is 2.15. The van der Waals surface area contributed by atoms with Crippen molar-refractivity contribution >= 4 is 10.0 Å². The molecule has 20 heavy (non-hydrogen) atoms. The molecule has 6 nitrogen and oxygen atoms in total. The molecule has 2 atom stereocenters. The molecule has 0 aliphatic heterocycles. The summed E-state index contributed by atoms with van der Waals surface area (Å²) in [7, 11) is -3.50. The summed E-state index contributed by atoms with van der Waals surface area (Å²) in [5.74, 6) is 1.09. The number of hydrogen-bond donors (Lipinski definition) is 2. The van der Waals surface area contributed by atoms with E-state index in [1.165, 1.54) is 0 Å². The van der Waals surface area contributed by atoms with Gasteiger partial charge in [0.05, 0.1) is 11.4 Å². The molecule has 1 aromatic rings. The Morgan fingerprint density at radius 1 is 1.45 bits per heavy atom. The fraction of sp³-hybridized carbons (Fsp3) is 0.769. The lowest BCUT2D eigenvalue weighted by molar-refractivity contribution is 0.276. The topological polar surface area (TPSA) is 84.2 Å². The van der Waals surface area contributed by atoms with Crippen LogP contribution in [0, 0.1) is 25.7 Å². The number of aromatic nitrogens is 2. The molecule has 0 amide bonds. The van der Waals surface area contributed by atoms with Gasteiger partial charge in [-0.1, -0.05) is 6.92 Å². The molecule has 7 heteroatoms. The van der Waals surface area contributed by atoms with Crippen LogP contribution in [0.2, 0.25) is 0 Å². The molecule has 1 fully saturated rings. The van der Waals surface area contributed by atoms with Crippen molar-refractivity contribution < 1.29 is 13.5 Å². The molecule has 0 bridgehead atoms. The first-order chi connectivity index (χ1) is 9.36. The highest BCUT2D eigenvalue weighted by atomic mass is 32.2. The van der Waals surface area contributed by atoms with Crippen molar-refractivity contribution in [1.29, 1.82) is 0 Å². The molecule has 1 aliphatic carbocycles. The van der Waals surface area contributed by atoms with Crippen LogP contribution in [0.15, 0.2) is 4.90 Å². The maximum atomic E-state index is 12.4. The Morgan fingerprint density at radius 3 is 2.65 bits per heavy atom. The molecule has 2 N–H and O–H groups in total. The molecule has 1 saturated carbocycles. The number of nitrogens with zero attached hydrogens (tertiary/aromatic N) is 2. The van der Waals surface area contributed by atoms with Crippen molar-refractivity contribution in [2.75, 3.05) is 13.2 Å². The van der Waals surface area contributed by atoms with Crippen LogP contribution in [0.25, 0.3) is 0 Å². The minimum atomic E-state index is -3.50. The Morgan fingerprint density at radius 2 is 2.10 bits per heavy atom. The van der Waals surface area contributed by atoms with Gasteiger partial charge in [0.1, 0.15) is 4.90 Å². The van der Waals surface area contributed by atoms with Gasteiger partial charge in [0.25, 0.3) is 0 Å². The van der Waals surface area contributed by atoms with Crippen LogP contribution >= 0.6 is 0 Å². The van der Waals surface area contributed by atoms with Gasteiger partial charge in [-0.25, -0.2) is 13.1 Å². The average Bonchev–Trinajstić information content (AvgIpc) is 2.99. The van der Waals surface area contributed by atoms with Crippen LogP contribution in [0.1, 0.15) is 31.2 Å². The lowest BCUT2D eigenvalue weighted by Gasteiger charge is -2.07. The second kappa shape index (κ2) is 5.83. The van der Waals surface area contributed by atoms with Crippen molar-refractivity contribution in [3.63, 3.8) is 0 Å². The molecule has 2 rings (SSSR count). The maximum absolute atomic E-state index is 12.4. The number of hydrogen-bond acceptors (Lipinski definition) is 4. The SMILES string of the molecule is Cc1nn(CCCO)c(C)c1S(=O)(=O)NCC1CC1C. The molecule has 114 valence electrons. The van der Waals surface area contributed by atoms with Crippen LogP contribution in [-0.2, 0) is 16.6 Å². The monoisotopic (exact) mass is 301 g/mol. The van der Waals surface area contributed by atoms with Gasteiger partial charge >= 0.3 is 0 Å². The fourth-order valence-corrected chi connectivity index (χ4v) is 3.98. The highest BCUT2D eigenvalue weighted by Crippen LogP contribution is 2.37. The first kappa shape index (κ1) is 15.5. The zero-order valence-corrected chi connectivity index (χ0v) is 13.1. The number of aliphatic hydroxyl groups is 1. The normalized spacial score (nSPS) is 22.2. The number of aliphatic hydroxyl groups excluding tert-OH is 1. The summed E-state index contributed by atoms with van der Waals surface area (Å²) >= 11 is 0. The van der Waals surface area contributed by atoms with E-state index in [9.17, 15) is 8.42 Å². The van der Waals surface area contributed by atoms with E-state index in [-0.39, 0.29) is 11.5 Å². The quantitative estimate of drug-likeness (QED) is 0.781. The summed E-state index contributed by atoms with van der Waals surface area (Å²) in [6.07, 6.45) is 1.66. The first-order valence-corrected chi connectivity index (χ1v) is 8.49. The number of aryl methyl sites for hydroxylation is 2. The molecular formula is C13H23N3O3S. The van der Waals surface area contributed by atoms with E-state index in [1.807, 2.05) is 0 Å². The minimum Gasteiger partial charge on any atom is -0.396 e. The van der Waals surface area contributed by atoms with E-state index < -0.39 is 10.0 Å². The van der Waals surface area contributed by atoms with Gasteiger partial charge in [-0.05, 0) is 38.5 Å². The van der Waals surface area contributed by atoms with E-state index in [4.69, 9.17) is 5.11 Å². The van der Waals surface area contributed by atoms with Crippen molar-refractivity contribution in [3.8, 4) is 0 Å². The molecule has 0 aromatic carbocycles. The largest absolute Gasteiger partial charge is 0.396 e. The summed E-state index contributed by atoms with van der Waals surface area (Å²) in [5, 5.41) is 13.1. The van der Waals surface area contributed by atoms with E-state index in [2.05, 4.69) is 16.7 Å². The highest BCUT2D eigenvalue weighted by molar-refractivity contribution is 7.89. The van der Waals surface area contributed by atoms with Gasteiger partial charge in [-0.2, -0.15) is 5.10 Å². The van der Waals surface area contributed by atoms with E-state index >= 15 is 0 Å². The second-order valence-corrected chi connectivity index (χ2v) is 7.33. The summed E-state index contributed by atoms with van der Waals surface area (Å²) in [6.45, 7) is 6.69. The van der Waals surface area contributed by atoms with Crippen LogP contribution in [0.3, 0.4) is 0 Å². The van der Waals surface area contributed by atoms with E-state index in [0.29, 0.717) is 42.7 Å². The predicted molar refractivity (Wildman–Crippen MR) is 75.9 cm³/mol. The Hall–Kier alpha value is -0.920. The van der Waals surface area contributed by atoms with Gasteiger partial charge in [-0.15, -0.1) is 0 Å². The van der Waals surface area contributed by atoms with Crippen molar-refractivity contribution in [3.05, 3.63) is 11.4 Å². The van der Waals surface area contributed by atoms with Gasteiger partial charge in [-0.3, -0.25) is 4.68 Å². The Bertz CT molecular complexity index is 580. The van der Waals surface area contributed by atoms with Crippen molar-refractivity contribution in [2.24, 2.45) is 11.8 Å². The average molecular weight is 301 g/mol. The third-order valence-corrected chi connectivity index (χ3v) is 5.60. The minimum absolute atomic E-state index is 0.0677. The van der Waals surface area contributed by atoms with Crippen molar-refractivity contribution in [1.82, 2.24) is 14.5 Å². The van der Waals surface area contributed by atoms with E-state index in [1.54, 1.807) is 18.5 Å². The molecule has 0 saturated heterocycles. The summed E-state index contributed by atoms with van der Waals surface area (Å²) in [6, 6.07) is 0.